The highest BCUT2D eigenvalue weighted by molar-refractivity contribution is 7.98. The van der Waals surface area contributed by atoms with E-state index in [-0.39, 0.29) is 18.6 Å². The van der Waals surface area contributed by atoms with Crippen molar-refractivity contribution in [2.45, 2.75) is 50.3 Å². The van der Waals surface area contributed by atoms with E-state index in [9.17, 15) is 9.59 Å². The Kier molecular flexibility index (Phi) is 7.65. The zero-order valence-corrected chi connectivity index (χ0v) is 16.0. The standard InChI is InChI=1S/C18H23N3O4S/c1-4-13(5-2)20-16(22)10-24-18(23)14-8-6-7-9-15(14)26-11-17-19-12(3)21-25-17/h6-9,13H,4-5,10-11H2,1-3H3,(H,20,22). The van der Waals surface area contributed by atoms with Gasteiger partial charge in [-0.3, -0.25) is 4.79 Å². The van der Waals surface area contributed by atoms with Crippen LogP contribution in [0.15, 0.2) is 33.7 Å². The summed E-state index contributed by atoms with van der Waals surface area (Å²) in [6.45, 7) is 5.45. The van der Waals surface area contributed by atoms with Gasteiger partial charge in [0.1, 0.15) is 0 Å². The highest BCUT2D eigenvalue weighted by Crippen LogP contribution is 2.26. The number of amides is 1. The predicted octanol–water partition coefficient (Wildman–Crippen LogP) is 3.13. The van der Waals surface area contributed by atoms with Crippen molar-refractivity contribution in [2.75, 3.05) is 6.61 Å². The van der Waals surface area contributed by atoms with Crippen molar-refractivity contribution in [3.8, 4) is 0 Å². The molecular weight excluding hydrogens is 354 g/mol. The van der Waals surface area contributed by atoms with E-state index in [1.807, 2.05) is 26.0 Å². The Morgan fingerprint density at radius 1 is 1.27 bits per heavy atom. The van der Waals surface area contributed by atoms with Crippen molar-refractivity contribution < 1.29 is 18.8 Å². The summed E-state index contributed by atoms with van der Waals surface area (Å²) in [7, 11) is 0. The van der Waals surface area contributed by atoms with Crippen molar-refractivity contribution in [3.63, 3.8) is 0 Å². The topological polar surface area (TPSA) is 94.3 Å². The molecule has 0 atom stereocenters. The van der Waals surface area contributed by atoms with Gasteiger partial charge in [-0.15, -0.1) is 11.8 Å². The Morgan fingerprint density at radius 3 is 2.65 bits per heavy atom. The normalized spacial score (nSPS) is 10.8. The molecule has 7 nitrogen and oxygen atoms in total. The fourth-order valence-electron chi connectivity index (χ4n) is 2.27. The van der Waals surface area contributed by atoms with E-state index in [1.54, 1.807) is 19.1 Å². The number of nitrogens with one attached hydrogen (secondary N) is 1. The van der Waals surface area contributed by atoms with Crippen LogP contribution in [0.5, 0.6) is 0 Å². The minimum Gasteiger partial charge on any atom is -0.452 e. The molecule has 0 aliphatic carbocycles. The molecule has 0 radical (unpaired) electrons. The van der Waals surface area contributed by atoms with Crippen molar-refractivity contribution in [1.82, 2.24) is 15.5 Å². The molecule has 1 N–H and O–H groups in total. The third-order valence-electron chi connectivity index (χ3n) is 3.71. The number of aromatic nitrogens is 2. The van der Waals surface area contributed by atoms with Crippen molar-refractivity contribution >= 4 is 23.6 Å². The summed E-state index contributed by atoms with van der Waals surface area (Å²) in [6.07, 6.45) is 1.68. The minimum absolute atomic E-state index is 0.0990. The number of ether oxygens (including phenoxy) is 1. The molecule has 26 heavy (non-hydrogen) atoms. The fraction of sp³-hybridized carbons (Fsp3) is 0.444. The van der Waals surface area contributed by atoms with Gasteiger partial charge < -0.3 is 14.6 Å². The van der Waals surface area contributed by atoms with Gasteiger partial charge in [-0.2, -0.15) is 4.98 Å². The molecule has 0 saturated heterocycles. The largest absolute Gasteiger partial charge is 0.452 e. The minimum atomic E-state index is -0.533. The van der Waals surface area contributed by atoms with E-state index in [1.165, 1.54) is 11.8 Å². The van der Waals surface area contributed by atoms with Gasteiger partial charge in [-0.1, -0.05) is 31.1 Å². The third-order valence-corrected chi connectivity index (χ3v) is 4.77. The van der Waals surface area contributed by atoms with Crippen LogP contribution in [-0.2, 0) is 15.3 Å². The Balaban J connectivity index is 1.93. The number of thioether (sulfide) groups is 1. The lowest BCUT2D eigenvalue weighted by atomic mass is 10.2. The SMILES string of the molecule is CCC(CC)NC(=O)COC(=O)c1ccccc1SCc1nc(C)no1. The molecule has 1 aromatic heterocycles. The molecule has 0 aliphatic rings. The molecule has 2 aromatic rings. The van der Waals surface area contributed by atoms with E-state index in [0.29, 0.717) is 23.0 Å². The first-order valence-corrected chi connectivity index (χ1v) is 9.49. The summed E-state index contributed by atoms with van der Waals surface area (Å²) in [5.74, 6) is 0.672. The molecular formula is C18H23N3O4S. The van der Waals surface area contributed by atoms with Gasteiger partial charge in [0.15, 0.2) is 12.4 Å². The van der Waals surface area contributed by atoms with Crippen LogP contribution in [0.1, 0.15) is 48.8 Å². The summed E-state index contributed by atoms with van der Waals surface area (Å²) in [5, 5.41) is 6.58. The van der Waals surface area contributed by atoms with Gasteiger partial charge >= 0.3 is 5.97 Å². The number of carbonyl (C=O) groups is 2. The number of nitrogens with zero attached hydrogens (tertiary/aromatic N) is 2. The third kappa shape index (κ3) is 5.87. The smallest absolute Gasteiger partial charge is 0.339 e. The molecule has 0 aliphatic heterocycles. The van der Waals surface area contributed by atoms with Gasteiger partial charge in [0.05, 0.1) is 11.3 Å². The lowest BCUT2D eigenvalue weighted by Crippen LogP contribution is -2.36. The highest BCUT2D eigenvalue weighted by atomic mass is 32.2. The molecule has 1 heterocycles. The fourth-order valence-corrected chi connectivity index (χ4v) is 3.15. The number of rotatable bonds is 9. The van der Waals surface area contributed by atoms with Crippen LogP contribution in [0.4, 0.5) is 0 Å². The van der Waals surface area contributed by atoms with Crippen LogP contribution in [-0.4, -0.2) is 34.7 Å². The van der Waals surface area contributed by atoms with Gasteiger partial charge in [-0.05, 0) is 31.9 Å². The number of hydrogen-bond donors (Lipinski definition) is 1. The van der Waals surface area contributed by atoms with Crippen molar-refractivity contribution in [1.29, 1.82) is 0 Å². The first-order valence-electron chi connectivity index (χ1n) is 8.51. The average molecular weight is 377 g/mol. The van der Waals surface area contributed by atoms with Crippen LogP contribution in [0.3, 0.4) is 0 Å². The van der Waals surface area contributed by atoms with E-state index in [0.717, 1.165) is 17.7 Å². The summed E-state index contributed by atoms with van der Waals surface area (Å²) in [4.78, 5) is 29.1. The molecule has 1 amide bonds. The van der Waals surface area contributed by atoms with Gasteiger partial charge in [0.25, 0.3) is 5.91 Å². The molecule has 0 saturated carbocycles. The molecule has 0 unspecified atom stereocenters. The van der Waals surface area contributed by atoms with Crippen LogP contribution in [0, 0.1) is 6.92 Å². The van der Waals surface area contributed by atoms with Crippen LogP contribution in [0.25, 0.3) is 0 Å². The molecule has 0 spiro atoms. The first kappa shape index (κ1) is 20.0. The Bertz CT molecular complexity index is 744. The monoisotopic (exact) mass is 377 g/mol. The second-order valence-corrected chi connectivity index (χ2v) is 6.69. The zero-order chi connectivity index (χ0) is 18.9. The summed E-state index contributed by atoms with van der Waals surface area (Å²) in [6, 6.07) is 7.17. The molecule has 0 bridgehead atoms. The maximum atomic E-state index is 12.3. The number of aryl methyl sites for hydroxylation is 1. The summed E-state index contributed by atoms with van der Waals surface area (Å²) < 4.78 is 10.2. The number of esters is 1. The Hall–Kier alpha value is -2.35. The maximum Gasteiger partial charge on any atom is 0.339 e. The van der Waals surface area contributed by atoms with Crippen LogP contribution >= 0.6 is 11.8 Å². The number of hydrogen-bond acceptors (Lipinski definition) is 7. The maximum absolute atomic E-state index is 12.3. The average Bonchev–Trinajstić information content (AvgIpc) is 3.08. The molecule has 8 heteroatoms. The lowest BCUT2D eigenvalue weighted by Gasteiger charge is -2.15. The first-order chi connectivity index (χ1) is 12.5. The van der Waals surface area contributed by atoms with E-state index in [2.05, 4.69) is 15.5 Å². The van der Waals surface area contributed by atoms with E-state index >= 15 is 0 Å². The second kappa shape index (κ2) is 9.96. The van der Waals surface area contributed by atoms with E-state index < -0.39 is 5.97 Å². The van der Waals surface area contributed by atoms with Crippen LogP contribution in [0.2, 0.25) is 0 Å². The lowest BCUT2D eigenvalue weighted by molar-refractivity contribution is -0.125. The predicted molar refractivity (Wildman–Crippen MR) is 97.8 cm³/mol. The number of benzene rings is 1. The molecule has 1 aromatic carbocycles. The van der Waals surface area contributed by atoms with Gasteiger partial charge in [0, 0.05) is 10.9 Å². The van der Waals surface area contributed by atoms with Crippen molar-refractivity contribution in [2.24, 2.45) is 0 Å². The number of carbonyl (C=O) groups excluding carboxylic acids is 2. The summed E-state index contributed by atoms with van der Waals surface area (Å²) in [5.41, 5.74) is 0.407. The molecule has 140 valence electrons. The van der Waals surface area contributed by atoms with Crippen molar-refractivity contribution in [3.05, 3.63) is 41.5 Å². The molecule has 0 fully saturated rings. The zero-order valence-electron chi connectivity index (χ0n) is 15.2. The Labute approximate surface area is 156 Å². The summed E-state index contributed by atoms with van der Waals surface area (Å²) >= 11 is 1.40. The Morgan fingerprint density at radius 2 is 2.00 bits per heavy atom. The van der Waals surface area contributed by atoms with Gasteiger partial charge in [0.2, 0.25) is 5.89 Å². The quantitative estimate of drug-likeness (QED) is 0.530. The van der Waals surface area contributed by atoms with Crippen LogP contribution < -0.4 is 5.32 Å². The van der Waals surface area contributed by atoms with E-state index in [4.69, 9.17) is 9.26 Å². The molecule has 2 rings (SSSR count). The second-order valence-electron chi connectivity index (χ2n) is 5.68. The highest BCUT2D eigenvalue weighted by Gasteiger charge is 2.16. The van der Waals surface area contributed by atoms with Gasteiger partial charge in [-0.25, -0.2) is 4.79 Å².